The lowest BCUT2D eigenvalue weighted by Crippen LogP contribution is -2.07. The van der Waals surface area contributed by atoms with E-state index in [4.69, 9.17) is 0 Å². The van der Waals surface area contributed by atoms with Gasteiger partial charge in [0.15, 0.2) is 0 Å². The van der Waals surface area contributed by atoms with Gasteiger partial charge in [0.2, 0.25) is 9.84 Å². The molecule has 3 rings (SSSR count). The molecule has 0 aliphatic carbocycles. The molecule has 0 unspecified atom stereocenters. The van der Waals surface area contributed by atoms with Crippen LogP contribution in [0.2, 0.25) is 0 Å². The van der Waals surface area contributed by atoms with E-state index in [1.54, 1.807) is 24.5 Å². The maximum Gasteiger partial charge on any atom is 0.252 e. The van der Waals surface area contributed by atoms with Crippen molar-refractivity contribution in [1.29, 1.82) is 0 Å². The van der Waals surface area contributed by atoms with E-state index in [0.29, 0.717) is 8.91 Å². The number of aromatic hydroxyl groups is 1. The standard InChI is InChI=1S/C14H11NO4S3/c1-20-14-13(22(18,19)8-5-3-2-4-6-8)11-12(21-14)9(16)7-10(17)15-11/h2-7H,1H3,(H2,15,16,17). The van der Waals surface area contributed by atoms with Crippen LogP contribution >= 0.6 is 23.1 Å². The molecule has 0 spiro atoms. The molecule has 8 heteroatoms. The van der Waals surface area contributed by atoms with Gasteiger partial charge < -0.3 is 10.1 Å². The highest BCUT2D eigenvalue weighted by atomic mass is 32.2. The van der Waals surface area contributed by atoms with Gasteiger partial charge in [-0.25, -0.2) is 8.42 Å². The SMILES string of the molecule is CSc1sc2c(O)cc(=O)[nH]c2c1S(=O)(=O)c1ccccc1. The number of aromatic amines is 1. The molecule has 114 valence electrons. The zero-order valence-corrected chi connectivity index (χ0v) is 13.8. The van der Waals surface area contributed by atoms with Crippen LogP contribution in [0, 0.1) is 0 Å². The Bertz CT molecular complexity index is 1000. The lowest BCUT2D eigenvalue weighted by atomic mass is 10.4. The Hall–Kier alpha value is -1.77. The third kappa shape index (κ3) is 2.33. The maximum atomic E-state index is 12.9. The average molecular weight is 353 g/mol. The second-order valence-electron chi connectivity index (χ2n) is 4.46. The Morgan fingerprint density at radius 3 is 2.55 bits per heavy atom. The van der Waals surface area contributed by atoms with Crippen LogP contribution in [0.3, 0.4) is 0 Å². The molecule has 0 saturated heterocycles. The Morgan fingerprint density at radius 2 is 1.91 bits per heavy atom. The van der Waals surface area contributed by atoms with Gasteiger partial charge >= 0.3 is 0 Å². The molecular formula is C14H11NO4S3. The zero-order valence-electron chi connectivity index (χ0n) is 11.4. The van der Waals surface area contributed by atoms with E-state index in [9.17, 15) is 18.3 Å². The molecule has 0 amide bonds. The Labute approximate surface area is 134 Å². The first-order valence-electron chi connectivity index (χ1n) is 6.18. The van der Waals surface area contributed by atoms with Gasteiger partial charge in [0.25, 0.3) is 5.56 Å². The molecule has 0 fully saturated rings. The van der Waals surface area contributed by atoms with Crippen LogP contribution in [-0.2, 0) is 9.84 Å². The van der Waals surface area contributed by atoms with Crippen LogP contribution in [0.5, 0.6) is 5.75 Å². The number of nitrogens with one attached hydrogen (secondary N) is 1. The number of pyridine rings is 1. The van der Waals surface area contributed by atoms with Crippen LogP contribution in [0.1, 0.15) is 0 Å². The number of rotatable bonds is 3. The molecule has 2 N–H and O–H groups in total. The van der Waals surface area contributed by atoms with E-state index in [0.717, 1.165) is 17.4 Å². The molecule has 22 heavy (non-hydrogen) atoms. The third-order valence-corrected chi connectivity index (χ3v) is 7.52. The quantitative estimate of drug-likeness (QED) is 0.707. The monoisotopic (exact) mass is 353 g/mol. The molecule has 3 aromatic rings. The fourth-order valence-corrected chi connectivity index (χ4v) is 6.29. The van der Waals surface area contributed by atoms with Crippen molar-refractivity contribution in [2.75, 3.05) is 6.26 Å². The summed E-state index contributed by atoms with van der Waals surface area (Å²) in [6, 6.07) is 9.06. The number of H-pyrrole nitrogens is 1. The zero-order chi connectivity index (χ0) is 15.9. The van der Waals surface area contributed by atoms with E-state index in [-0.39, 0.29) is 21.1 Å². The summed E-state index contributed by atoms with van der Waals surface area (Å²) in [5.41, 5.74) is -0.386. The van der Waals surface area contributed by atoms with Crippen molar-refractivity contribution in [2.45, 2.75) is 14.0 Å². The van der Waals surface area contributed by atoms with Crippen molar-refractivity contribution in [1.82, 2.24) is 4.98 Å². The summed E-state index contributed by atoms with van der Waals surface area (Å²) in [4.78, 5) is 14.3. The molecule has 0 saturated carbocycles. The second-order valence-corrected chi connectivity index (χ2v) is 8.44. The van der Waals surface area contributed by atoms with Crippen LogP contribution in [0.25, 0.3) is 10.2 Å². The highest BCUT2D eigenvalue weighted by molar-refractivity contribution is 8.01. The summed E-state index contributed by atoms with van der Waals surface area (Å²) in [5, 5.41) is 9.91. The fraction of sp³-hybridized carbons (Fsp3) is 0.0714. The minimum atomic E-state index is -3.79. The van der Waals surface area contributed by atoms with Crippen LogP contribution in [0.4, 0.5) is 0 Å². The van der Waals surface area contributed by atoms with Gasteiger partial charge in [0.05, 0.1) is 19.3 Å². The van der Waals surface area contributed by atoms with E-state index in [1.807, 2.05) is 0 Å². The average Bonchev–Trinajstić information content (AvgIpc) is 2.87. The normalized spacial score (nSPS) is 11.9. The summed E-state index contributed by atoms with van der Waals surface area (Å²) in [6.07, 6.45) is 1.75. The largest absolute Gasteiger partial charge is 0.506 e. The van der Waals surface area contributed by atoms with Crippen LogP contribution in [-0.4, -0.2) is 24.8 Å². The molecular weight excluding hydrogens is 342 g/mol. The van der Waals surface area contributed by atoms with Gasteiger partial charge in [-0.05, 0) is 18.4 Å². The summed E-state index contributed by atoms with van der Waals surface area (Å²) in [5.74, 6) is -0.214. The number of thiophene rings is 1. The summed E-state index contributed by atoms with van der Waals surface area (Å²) in [6.45, 7) is 0. The lowest BCUT2D eigenvalue weighted by Gasteiger charge is -2.05. The summed E-state index contributed by atoms with van der Waals surface area (Å²) < 4.78 is 26.7. The van der Waals surface area contributed by atoms with Gasteiger partial charge in [-0.15, -0.1) is 23.1 Å². The van der Waals surface area contributed by atoms with Crippen molar-refractivity contribution < 1.29 is 13.5 Å². The number of sulfone groups is 1. The van der Waals surface area contributed by atoms with E-state index >= 15 is 0 Å². The predicted octanol–water partition coefficient (Wildman–Crippen LogP) is 2.85. The number of fused-ring (bicyclic) bond motifs is 1. The van der Waals surface area contributed by atoms with Gasteiger partial charge in [-0.1, -0.05) is 18.2 Å². The molecule has 1 aromatic carbocycles. The lowest BCUT2D eigenvalue weighted by molar-refractivity contribution is 0.481. The molecule has 2 aromatic heterocycles. The minimum absolute atomic E-state index is 0.0409. The van der Waals surface area contributed by atoms with Crippen molar-refractivity contribution >= 4 is 43.2 Å². The van der Waals surface area contributed by atoms with Crippen LogP contribution in [0.15, 0.2) is 55.2 Å². The van der Waals surface area contributed by atoms with Crippen molar-refractivity contribution in [3.63, 3.8) is 0 Å². The van der Waals surface area contributed by atoms with Gasteiger partial charge in [-0.3, -0.25) is 4.79 Å². The molecule has 0 radical (unpaired) electrons. The first kappa shape index (κ1) is 15.1. The van der Waals surface area contributed by atoms with E-state index < -0.39 is 15.4 Å². The van der Waals surface area contributed by atoms with Crippen molar-refractivity contribution in [2.24, 2.45) is 0 Å². The third-order valence-electron chi connectivity index (χ3n) is 3.09. The molecule has 0 aliphatic rings. The highest BCUT2D eigenvalue weighted by Gasteiger charge is 2.28. The fourth-order valence-electron chi connectivity index (χ4n) is 2.13. The second kappa shape index (κ2) is 5.45. The molecule has 0 aliphatic heterocycles. The van der Waals surface area contributed by atoms with Crippen LogP contribution < -0.4 is 5.56 Å². The Balaban J connectivity index is 2.42. The van der Waals surface area contributed by atoms with Gasteiger partial charge in [0.1, 0.15) is 10.6 Å². The molecule has 0 atom stereocenters. The maximum absolute atomic E-state index is 12.9. The number of aromatic nitrogens is 1. The van der Waals surface area contributed by atoms with E-state index in [2.05, 4.69) is 4.98 Å². The molecule has 0 bridgehead atoms. The Kier molecular flexibility index (Phi) is 3.75. The topological polar surface area (TPSA) is 87.2 Å². The smallest absolute Gasteiger partial charge is 0.252 e. The van der Waals surface area contributed by atoms with Crippen molar-refractivity contribution in [3.8, 4) is 5.75 Å². The van der Waals surface area contributed by atoms with Crippen molar-refractivity contribution in [3.05, 3.63) is 46.8 Å². The Morgan fingerprint density at radius 1 is 1.23 bits per heavy atom. The summed E-state index contributed by atoms with van der Waals surface area (Å²) in [7, 11) is -3.79. The summed E-state index contributed by atoms with van der Waals surface area (Å²) >= 11 is 2.41. The number of hydrogen-bond donors (Lipinski definition) is 2. The first-order chi connectivity index (χ1) is 10.4. The van der Waals surface area contributed by atoms with Gasteiger partial charge in [0, 0.05) is 6.07 Å². The van der Waals surface area contributed by atoms with Gasteiger partial charge in [-0.2, -0.15) is 0 Å². The number of thioether (sulfide) groups is 1. The highest BCUT2D eigenvalue weighted by Crippen LogP contribution is 2.43. The molecule has 2 heterocycles. The van der Waals surface area contributed by atoms with E-state index in [1.165, 1.54) is 23.9 Å². The number of benzene rings is 1. The predicted molar refractivity (Wildman–Crippen MR) is 87.8 cm³/mol. The first-order valence-corrected chi connectivity index (χ1v) is 9.70. The molecule has 5 nitrogen and oxygen atoms in total. The number of hydrogen-bond acceptors (Lipinski definition) is 6. The minimum Gasteiger partial charge on any atom is -0.506 e.